The van der Waals surface area contributed by atoms with E-state index in [9.17, 15) is 4.79 Å². The van der Waals surface area contributed by atoms with Gasteiger partial charge < -0.3 is 14.5 Å². The summed E-state index contributed by atoms with van der Waals surface area (Å²) in [7, 11) is 4.22. The molecule has 1 aromatic heterocycles. The zero-order valence-corrected chi connectivity index (χ0v) is 15.5. The Balaban J connectivity index is 1.68. The molecule has 0 bridgehead atoms. The molecular formula is C19H30N4O2. The van der Waals surface area contributed by atoms with Crippen LogP contribution in [0.5, 0.6) is 0 Å². The summed E-state index contributed by atoms with van der Waals surface area (Å²) in [5.74, 6) is 0.116. The first-order chi connectivity index (χ1) is 12.1. The third-order valence-electron chi connectivity index (χ3n) is 5.26. The molecule has 6 heteroatoms. The molecule has 6 nitrogen and oxygen atoms in total. The molecule has 2 aliphatic heterocycles. The number of rotatable bonds is 4. The van der Waals surface area contributed by atoms with Crippen LogP contribution in [-0.4, -0.2) is 92.2 Å². The zero-order chi connectivity index (χ0) is 17.7. The Morgan fingerprint density at radius 2 is 2.08 bits per heavy atom. The van der Waals surface area contributed by atoms with E-state index in [1.165, 1.54) is 0 Å². The maximum atomic E-state index is 12.8. The lowest BCUT2D eigenvalue weighted by molar-refractivity contribution is 0.00716. The number of amides is 1. The van der Waals surface area contributed by atoms with E-state index in [1.54, 1.807) is 24.5 Å². The van der Waals surface area contributed by atoms with Gasteiger partial charge in [-0.05, 0) is 39.1 Å². The Morgan fingerprint density at radius 3 is 2.84 bits per heavy atom. The highest BCUT2D eigenvalue weighted by molar-refractivity contribution is 5.94. The van der Waals surface area contributed by atoms with Gasteiger partial charge in [0.2, 0.25) is 0 Å². The predicted octanol–water partition coefficient (Wildman–Crippen LogP) is 1.20. The number of carbonyl (C=O) groups is 1. The first-order valence-corrected chi connectivity index (χ1v) is 9.22. The van der Waals surface area contributed by atoms with Crippen molar-refractivity contribution in [2.45, 2.75) is 12.8 Å². The van der Waals surface area contributed by atoms with Crippen LogP contribution in [0.3, 0.4) is 0 Å². The smallest absolute Gasteiger partial charge is 0.253 e. The second-order valence-corrected chi connectivity index (χ2v) is 7.70. The average molecular weight is 346 g/mol. The number of ether oxygens (including phenoxy) is 1. The lowest BCUT2D eigenvalue weighted by atomic mass is 9.80. The van der Waals surface area contributed by atoms with Gasteiger partial charge >= 0.3 is 0 Å². The summed E-state index contributed by atoms with van der Waals surface area (Å²) in [6.45, 7) is 7.26. The number of nitrogens with zero attached hydrogens (tertiary/aromatic N) is 4. The van der Waals surface area contributed by atoms with E-state index in [1.807, 2.05) is 4.90 Å². The second-order valence-electron chi connectivity index (χ2n) is 7.70. The molecule has 0 aromatic carbocycles. The number of aromatic nitrogens is 1. The zero-order valence-electron chi connectivity index (χ0n) is 15.5. The highest BCUT2D eigenvalue weighted by Gasteiger charge is 2.40. The van der Waals surface area contributed by atoms with Crippen molar-refractivity contribution < 1.29 is 9.53 Å². The van der Waals surface area contributed by atoms with Crippen LogP contribution in [0.15, 0.2) is 24.5 Å². The molecule has 25 heavy (non-hydrogen) atoms. The van der Waals surface area contributed by atoms with Gasteiger partial charge in [-0.25, -0.2) is 0 Å². The minimum Gasteiger partial charge on any atom is -0.379 e. The topological polar surface area (TPSA) is 48.9 Å². The van der Waals surface area contributed by atoms with E-state index in [0.29, 0.717) is 0 Å². The Morgan fingerprint density at radius 1 is 1.28 bits per heavy atom. The molecule has 138 valence electrons. The number of hydrogen-bond acceptors (Lipinski definition) is 5. The van der Waals surface area contributed by atoms with Gasteiger partial charge in [-0.1, -0.05) is 0 Å². The van der Waals surface area contributed by atoms with Crippen molar-refractivity contribution in [1.29, 1.82) is 0 Å². The average Bonchev–Trinajstić information content (AvgIpc) is 2.82. The molecule has 1 spiro atoms. The van der Waals surface area contributed by atoms with Crippen molar-refractivity contribution in [3.8, 4) is 0 Å². The summed E-state index contributed by atoms with van der Waals surface area (Å²) < 4.78 is 5.96. The highest BCUT2D eigenvalue weighted by Crippen LogP contribution is 2.33. The van der Waals surface area contributed by atoms with Gasteiger partial charge in [-0.3, -0.25) is 14.7 Å². The second kappa shape index (κ2) is 8.25. The normalized spacial score (nSPS) is 25.3. The van der Waals surface area contributed by atoms with Gasteiger partial charge in [-0.2, -0.15) is 0 Å². The van der Waals surface area contributed by atoms with Crippen molar-refractivity contribution >= 4 is 5.91 Å². The highest BCUT2D eigenvalue weighted by atomic mass is 16.5. The van der Waals surface area contributed by atoms with E-state index >= 15 is 0 Å². The molecule has 3 heterocycles. The van der Waals surface area contributed by atoms with Crippen LogP contribution in [0, 0.1) is 5.41 Å². The van der Waals surface area contributed by atoms with Gasteiger partial charge in [0.1, 0.15) is 0 Å². The molecule has 1 aromatic rings. The minimum atomic E-state index is 0.0593. The fraction of sp³-hybridized carbons (Fsp3) is 0.684. The number of pyridine rings is 1. The number of likely N-dealkylation sites (N-methyl/N-ethyl adjacent to an activating group) is 1. The SMILES string of the molecule is CN(C)CCN1CCOC[C@@]2(CCCN(C(=O)c3ccncc3)C2)C1. The number of carbonyl (C=O) groups excluding carboxylic acids is 1. The van der Waals surface area contributed by atoms with Crippen molar-refractivity contribution in [1.82, 2.24) is 19.7 Å². The van der Waals surface area contributed by atoms with Crippen LogP contribution in [0.25, 0.3) is 0 Å². The summed E-state index contributed by atoms with van der Waals surface area (Å²) >= 11 is 0. The Bertz CT molecular complexity index is 566. The van der Waals surface area contributed by atoms with Gasteiger partial charge in [0.25, 0.3) is 5.91 Å². The molecule has 0 unspecified atom stereocenters. The van der Waals surface area contributed by atoms with E-state index in [2.05, 4.69) is 28.9 Å². The van der Waals surface area contributed by atoms with Crippen LogP contribution in [0.1, 0.15) is 23.2 Å². The number of likely N-dealkylation sites (tertiary alicyclic amines) is 1. The standard InChI is InChI=1S/C19H30N4O2/c1-21(2)10-11-22-12-13-25-16-19(14-22)6-3-9-23(15-19)18(24)17-4-7-20-8-5-17/h4-5,7-8H,3,6,9-16H2,1-2H3/t19-/m0/s1. The molecule has 0 N–H and O–H groups in total. The van der Waals surface area contributed by atoms with Gasteiger partial charge in [-0.15, -0.1) is 0 Å². The fourth-order valence-corrected chi connectivity index (χ4v) is 3.92. The molecule has 0 aliphatic carbocycles. The van der Waals surface area contributed by atoms with E-state index in [0.717, 1.165) is 70.9 Å². The van der Waals surface area contributed by atoms with Gasteiger partial charge in [0.05, 0.1) is 13.2 Å². The number of hydrogen-bond donors (Lipinski definition) is 0. The first-order valence-electron chi connectivity index (χ1n) is 9.22. The Kier molecular flexibility index (Phi) is 6.04. The summed E-state index contributed by atoms with van der Waals surface area (Å²) in [6, 6.07) is 3.60. The quantitative estimate of drug-likeness (QED) is 0.820. The van der Waals surface area contributed by atoms with Crippen molar-refractivity contribution in [2.24, 2.45) is 5.41 Å². The fourth-order valence-electron chi connectivity index (χ4n) is 3.92. The Labute approximate surface area is 150 Å². The third kappa shape index (κ3) is 4.77. The summed E-state index contributed by atoms with van der Waals surface area (Å²) in [6.07, 6.45) is 5.54. The molecule has 2 aliphatic rings. The molecule has 0 saturated carbocycles. The lowest BCUT2D eigenvalue weighted by Crippen LogP contribution is -2.52. The van der Waals surface area contributed by atoms with Crippen LogP contribution in [0.2, 0.25) is 0 Å². The molecular weight excluding hydrogens is 316 g/mol. The van der Waals surface area contributed by atoms with Gasteiger partial charge in [0.15, 0.2) is 0 Å². The molecule has 2 fully saturated rings. The maximum Gasteiger partial charge on any atom is 0.253 e. The van der Waals surface area contributed by atoms with Crippen molar-refractivity contribution in [3.05, 3.63) is 30.1 Å². The summed E-state index contributed by atoms with van der Waals surface area (Å²) in [4.78, 5) is 23.6. The Hall–Kier alpha value is -1.50. The molecule has 1 amide bonds. The van der Waals surface area contributed by atoms with E-state index in [-0.39, 0.29) is 11.3 Å². The van der Waals surface area contributed by atoms with Crippen molar-refractivity contribution in [3.63, 3.8) is 0 Å². The predicted molar refractivity (Wildman–Crippen MR) is 97.6 cm³/mol. The van der Waals surface area contributed by atoms with Crippen LogP contribution in [-0.2, 0) is 4.74 Å². The monoisotopic (exact) mass is 346 g/mol. The first kappa shape index (κ1) is 18.3. The minimum absolute atomic E-state index is 0.0593. The number of piperidine rings is 1. The van der Waals surface area contributed by atoms with Crippen molar-refractivity contribution in [2.75, 3.05) is 66.6 Å². The third-order valence-corrected chi connectivity index (χ3v) is 5.26. The molecule has 3 rings (SSSR count). The van der Waals surface area contributed by atoms with E-state index < -0.39 is 0 Å². The summed E-state index contributed by atoms with van der Waals surface area (Å²) in [5, 5.41) is 0. The van der Waals surface area contributed by atoms with E-state index in [4.69, 9.17) is 4.74 Å². The maximum absolute atomic E-state index is 12.8. The van der Waals surface area contributed by atoms with Crippen LogP contribution >= 0.6 is 0 Å². The molecule has 2 saturated heterocycles. The largest absolute Gasteiger partial charge is 0.379 e. The summed E-state index contributed by atoms with van der Waals surface area (Å²) in [5.41, 5.74) is 0.787. The molecule has 1 atom stereocenters. The molecule has 0 radical (unpaired) electrons. The van der Waals surface area contributed by atoms with Gasteiger partial charge in [0, 0.05) is 62.6 Å². The lowest BCUT2D eigenvalue weighted by Gasteiger charge is -2.43. The van der Waals surface area contributed by atoms with Crippen LogP contribution < -0.4 is 0 Å². The van der Waals surface area contributed by atoms with Crippen LogP contribution in [0.4, 0.5) is 0 Å².